The topological polar surface area (TPSA) is 73.1 Å². The average Bonchev–Trinajstić information content (AvgIpc) is 2.48. The van der Waals surface area contributed by atoms with Gasteiger partial charge in [-0.15, -0.1) is 0 Å². The number of nitrogens with one attached hydrogen (secondary N) is 1. The Morgan fingerprint density at radius 1 is 1.10 bits per heavy atom. The molecule has 2 aromatic carbocycles. The van der Waals surface area contributed by atoms with Crippen molar-refractivity contribution >= 4 is 17.7 Å². The van der Waals surface area contributed by atoms with Crippen molar-refractivity contribution in [1.29, 1.82) is 5.26 Å². The molecule has 4 nitrogen and oxygen atoms in total. The number of nitriles is 1. The van der Waals surface area contributed by atoms with Crippen molar-refractivity contribution in [3.63, 3.8) is 0 Å². The molecule has 98 valence electrons. The van der Waals surface area contributed by atoms with E-state index in [9.17, 15) is 4.79 Å². The molecule has 2 aromatic rings. The number of benzene rings is 2. The molecule has 0 aliphatic rings. The number of carbonyl (C=O) groups excluding carboxylic acids is 1. The second kappa shape index (κ2) is 6.21. The van der Waals surface area contributed by atoms with Crippen LogP contribution in [0.4, 0.5) is 5.69 Å². The van der Waals surface area contributed by atoms with Crippen LogP contribution in [0.2, 0.25) is 0 Å². The molecular formula is C16H12N2O2. The van der Waals surface area contributed by atoms with Crippen LogP contribution in [-0.4, -0.2) is 11.0 Å². The van der Waals surface area contributed by atoms with Crippen LogP contribution in [0.3, 0.4) is 0 Å². The van der Waals surface area contributed by atoms with E-state index >= 15 is 0 Å². The first kappa shape index (κ1) is 13.4. The summed E-state index contributed by atoms with van der Waals surface area (Å²) in [6.07, 6.45) is 3.07. The second-order valence-corrected chi connectivity index (χ2v) is 4.10. The van der Waals surface area contributed by atoms with Crippen LogP contribution in [0.25, 0.3) is 6.08 Å². The molecule has 0 radical (unpaired) electrons. The van der Waals surface area contributed by atoms with Crippen LogP contribution in [0.15, 0.2) is 54.6 Å². The van der Waals surface area contributed by atoms with Gasteiger partial charge in [0.2, 0.25) is 5.91 Å². The molecule has 20 heavy (non-hydrogen) atoms. The summed E-state index contributed by atoms with van der Waals surface area (Å²) in [7, 11) is 0. The minimum atomic E-state index is -0.264. The molecule has 0 heterocycles. The first-order chi connectivity index (χ1) is 9.67. The Kier molecular flexibility index (Phi) is 4.15. The van der Waals surface area contributed by atoms with Gasteiger partial charge in [-0.05, 0) is 48.0 Å². The predicted molar refractivity (Wildman–Crippen MR) is 76.9 cm³/mol. The van der Waals surface area contributed by atoms with Crippen molar-refractivity contribution in [1.82, 2.24) is 0 Å². The van der Waals surface area contributed by atoms with Crippen molar-refractivity contribution in [2.24, 2.45) is 0 Å². The maximum absolute atomic E-state index is 11.7. The number of phenolic OH excluding ortho intramolecular Hbond substituents is 1. The van der Waals surface area contributed by atoms with E-state index in [-0.39, 0.29) is 11.7 Å². The number of anilines is 1. The van der Waals surface area contributed by atoms with Gasteiger partial charge in [0, 0.05) is 11.8 Å². The first-order valence-corrected chi connectivity index (χ1v) is 5.95. The van der Waals surface area contributed by atoms with E-state index in [1.165, 1.54) is 18.2 Å². The number of amides is 1. The minimum Gasteiger partial charge on any atom is -0.508 e. The Labute approximate surface area is 116 Å². The van der Waals surface area contributed by atoms with Crippen LogP contribution < -0.4 is 5.32 Å². The quantitative estimate of drug-likeness (QED) is 0.661. The summed E-state index contributed by atoms with van der Waals surface area (Å²) in [6, 6.07) is 15.2. The third-order valence-electron chi connectivity index (χ3n) is 2.60. The van der Waals surface area contributed by atoms with E-state index in [2.05, 4.69) is 5.32 Å². The highest BCUT2D eigenvalue weighted by Gasteiger charge is 1.98. The number of phenols is 1. The summed E-state index contributed by atoms with van der Waals surface area (Å²) < 4.78 is 0. The van der Waals surface area contributed by atoms with Gasteiger partial charge < -0.3 is 10.4 Å². The predicted octanol–water partition coefficient (Wildman–Crippen LogP) is 2.92. The van der Waals surface area contributed by atoms with Crippen LogP contribution in [0.1, 0.15) is 11.1 Å². The maximum Gasteiger partial charge on any atom is 0.248 e. The lowest BCUT2D eigenvalue weighted by molar-refractivity contribution is -0.111. The lowest BCUT2D eigenvalue weighted by Gasteiger charge is -2.01. The largest absolute Gasteiger partial charge is 0.508 e. The molecule has 0 spiro atoms. The Morgan fingerprint density at radius 3 is 2.35 bits per heavy atom. The molecule has 0 saturated carbocycles. The molecule has 0 aliphatic carbocycles. The lowest BCUT2D eigenvalue weighted by atomic mass is 10.1. The molecule has 0 unspecified atom stereocenters. The van der Waals surface area contributed by atoms with E-state index in [0.29, 0.717) is 11.3 Å². The van der Waals surface area contributed by atoms with Gasteiger partial charge in [0.05, 0.1) is 11.6 Å². The summed E-state index contributed by atoms with van der Waals surface area (Å²) in [5.41, 5.74) is 2.03. The molecule has 0 atom stereocenters. The van der Waals surface area contributed by atoms with Gasteiger partial charge in [-0.3, -0.25) is 4.79 Å². The number of carbonyl (C=O) groups is 1. The van der Waals surface area contributed by atoms with Gasteiger partial charge in [0.25, 0.3) is 0 Å². The zero-order valence-electron chi connectivity index (χ0n) is 10.6. The van der Waals surface area contributed by atoms with Crippen molar-refractivity contribution in [2.75, 3.05) is 5.32 Å². The van der Waals surface area contributed by atoms with Crippen LogP contribution in [0.5, 0.6) is 5.75 Å². The van der Waals surface area contributed by atoms with Gasteiger partial charge in [-0.25, -0.2) is 0 Å². The smallest absolute Gasteiger partial charge is 0.248 e. The third kappa shape index (κ3) is 3.72. The number of aromatic hydroxyl groups is 1. The SMILES string of the molecule is N#Cc1ccc(/C=C/C(=O)Nc2ccc(O)cc2)cc1. The van der Waals surface area contributed by atoms with E-state index in [1.807, 2.05) is 6.07 Å². The minimum absolute atomic E-state index is 0.149. The van der Waals surface area contributed by atoms with E-state index in [4.69, 9.17) is 10.4 Å². The molecule has 0 saturated heterocycles. The highest BCUT2D eigenvalue weighted by atomic mass is 16.3. The summed E-state index contributed by atoms with van der Waals surface area (Å²) in [5.74, 6) is -0.115. The monoisotopic (exact) mass is 264 g/mol. The fourth-order valence-electron chi connectivity index (χ4n) is 1.57. The molecule has 0 aliphatic heterocycles. The van der Waals surface area contributed by atoms with Gasteiger partial charge in [-0.2, -0.15) is 5.26 Å². The van der Waals surface area contributed by atoms with Crippen LogP contribution in [-0.2, 0) is 4.79 Å². The first-order valence-electron chi connectivity index (χ1n) is 5.95. The molecule has 0 aromatic heterocycles. The number of nitrogens with zero attached hydrogens (tertiary/aromatic N) is 1. The maximum atomic E-state index is 11.7. The summed E-state index contributed by atoms with van der Waals surface area (Å²) in [4.78, 5) is 11.7. The molecule has 0 fully saturated rings. The van der Waals surface area contributed by atoms with E-state index < -0.39 is 0 Å². The fourth-order valence-corrected chi connectivity index (χ4v) is 1.57. The lowest BCUT2D eigenvalue weighted by Crippen LogP contribution is -2.07. The Bertz CT molecular complexity index is 665. The van der Waals surface area contributed by atoms with Crippen molar-refractivity contribution in [2.45, 2.75) is 0 Å². The standard InChI is InChI=1S/C16H12N2O2/c17-11-13-3-1-12(2-4-13)5-10-16(20)18-14-6-8-15(19)9-7-14/h1-10,19H,(H,18,20)/b10-5+. The summed E-state index contributed by atoms with van der Waals surface area (Å²) in [5, 5.41) is 20.5. The Morgan fingerprint density at radius 2 is 1.75 bits per heavy atom. The van der Waals surface area contributed by atoms with Gasteiger partial charge in [-0.1, -0.05) is 12.1 Å². The second-order valence-electron chi connectivity index (χ2n) is 4.10. The molecule has 4 heteroatoms. The van der Waals surface area contributed by atoms with E-state index in [0.717, 1.165) is 5.56 Å². The summed E-state index contributed by atoms with van der Waals surface area (Å²) >= 11 is 0. The molecule has 1 amide bonds. The highest BCUT2D eigenvalue weighted by Crippen LogP contribution is 2.13. The average molecular weight is 264 g/mol. The highest BCUT2D eigenvalue weighted by molar-refractivity contribution is 6.01. The van der Waals surface area contributed by atoms with Crippen molar-refractivity contribution in [3.05, 3.63) is 65.7 Å². The fraction of sp³-hybridized carbons (Fsp3) is 0. The number of rotatable bonds is 3. The molecule has 2 rings (SSSR count). The number of hydrogen-bond donors (Lipinski definition) is 2. The Hall–Kier alpha value is -3.06. The van der Waals surface area contributed by atoms with Gasteiger partial charge in [0.15, 0.2) is 0 Å². The molecular weight excluding hydrogens is 252 g/mol. The van der Waals surface area contributed by atoms with Crippen LogP contribution >= 0.6 is 0 Å². The third-order valence-corrected chi connectivity index (χ3v) is 2.60. The zero-order chi connectivity index (χ0) is 14.4. The Balaban J connectivity index is 1.98. The molecule has 2 N–H and O–H groups in total. The normalized spacial score (nSPS) is 10.2. The molecule has 0 bridgehead atoms. The zero-order valence-corrected chi connectivity index (χ0v) is 10.6. The number of hydrogen-bond acceptors (Lipinski definition) is 3. The summed E-state index contributed by atoms with van der Waals surface area (Å²) in [6.45, 7) is 0. The van der Waals surface area contributed by atoms with Crippen molar-refractivity contribution in [3.8, 4) is 11.8 Å². The van der Waals surface area contributed by atoms with Gasteiger partial charge in [0.1, 0.15) is 5.75 Å². The van der Waals surface area contributed by atoms with E-state index in [1.54, 1.807) is 42.5 Å². The van der Waals surface area contributed by atoms with Gasteiger partial charge >= 0.3 is 0 Å². The van der Waals surface area contributed by atoms with Crippen LogP contribution in [0, 0.1) is 11.3 Å². The van der Waals surface area contributed by atoms with Crippen molar-refractivity contribution < 1.29 is 9.90 Å².